The summed E-state index contributed by atoms with van der Waals surface area (Å²) in [5, 5.41) is 15.3. The monoisotopic (exact) mass is 444 g/mol. The first-order valence-electron chi connectivity index (χ1n) is 9.54. The highest BCUT2D eigenvalue weighted by atomic mass is 35.5. The molecule has 8 heteroatoms. The number of fused-ring (bicyclic) bond motifs is 1. The molecule has 158 valence electrons. The van der Waals surface area contributed by atoms with Crippen molar-refractivity contribution in [2.75, 3.05) is 10.6 Å². The lowest BCUT2D eigenvalue weighted by atomic mass is 9.95. The highest BCUT2D eigenvalue weighted by Gasteiger charge is 2.14. The number of carboxylic acid groups (broad SMARTS) is 1. The first-order valence-corrected chi connectivity index (χ1v) is 9.92. The number of carbonyl (C=O) groups excluding carboxylic acids is 1. The number of nitrogens with zero attached hydrogens (tertiary/aromatic N) is 2. The summed E-state index contributed by atoms with van der Waals surface area (Å²) in [5.74, 6) is -0.361. The summed E-state index contributed by atoms with van der Waals surface area (Å²) in [7, 11) is 0. The average molecular weight is 445 g/mol. The Morgan fingerprint density at radius 3 is 2.53 bits per heavy atom. The highest BCUT2D eigenvalue weighted by molar-refractivity contribution is 6.33. The molecule has 3 N–H and O–H groups in total. The lowest BCUT2D eigenvalue weighted by Gasteiger charge is -2.13. The Bertz CT molecular complexity index is 1370. The third-order valence-corrected chi connectivity index (χ3v) is 5.04. The summed E-state index contributed by atoms with van der Waals surface area (Å²) < 4.78 is 0. The van der Waals surface area contributed by atoms with Crippen molar-refractivity contribution in [2.24, 2.45) is 0 Å². The van der Waals surface area contributed by atoms with E-state index < -0.39 is 6.09 Å². The largest absolute Gasteiger partial charge is 0.465 e. The van der Waals surface area contributed by atoms with Crippen LogP contribution in [0.4, 0.5) is 16.4 Å². The Labute approximate surface area is 188 Å². The molecule has 0 radical (unpaired) electrons. The maximum Gasteiger partial charge on any atom is 0.411 e. The molecule has 0 atom stereocenters. The van der Waals surface area contributed by atoms with E-state index in [0.29, 0.717) is 21.6 Å². The van der Waals surface area contributed by atoms with Gasteiger partial charge >= 0.3 is 6.09 Å². The fourth-order valence-corrected chi connectivity index (χ4v) is 3.57. The first kappa shape index (κ1) is 21.0. The second-order valence-corrected chi connectivity index (χ2v) is 7.25. The van der Waals surface area contributed by atoms with Gasteiger partial charge in [0.2, 0.25) is 11.9 Å². The first-order chi connectivity index (χ1) is 15.4. The topological polar surface area (TPSA) is 104 Å². The minimum absolute atomic E-state index is 0.0344. The van der Waals surface area contributed by atoms with E-state index in [1.165, 1.54) is 6.08 Å². The molecule has 0 fully saturated rings. The predicted molar refractivity (Wildman–Crippen MR) is 126 cm³/mol. The average Bonchev–Trinajstić information content (AvgIpc) is 2.78. The Kier molecular flexibility index (Phi) is 5.83. The third kappa shape index (κ3) is 4.43. The van der Waals surface area contributed by atoms with Gasteiger partial charge in [-0.3, -0.25) is 10.1 Å². The van der Waals surface area contributed by atoms with Crippen LogP contribution in [0.25, 0.3) is 33.2 Å². The van der Waals surface area contributed by atoms with Crippen LogP contribution in [-0.2, 0) is 4.79 Å². The fraction of sp³-hybridized carbons (Fsp3) is 0. The van der Waals surface area contributed by atoms with Crippen molar-refractivity contribution in [1.29, 1.82) is 0 Å². The van der Waals surface area contributed by atoms with Gasteiger partial charge in [0.05, 0.1) is 5.52 Å². The van der Waals surface area contributed by atoms with Gasteiger partial charge in [0.25, 0.3) is 0 Å². The van der Waals surface area contributed by atoms with Crippen molar-refractivity contribution in [1.82, 2.24) is 9.97 Å². The number of benzene rings is 3. The van der Waals surface area contributed by atoms with Gasteiger partial charge in [0.15, 0.2) is 0 Å². The van der Waals surface area contributed by atoms with Crippen molar-refractivity contribution in [3.8, 4) is 22.3 Å². The van der Waals surface area contributed by atoms with Gasteiger partial charge in [-0.15, -0.1) is 0 Å². The van der Waals surface area contributed by atoms with Crippen LogP contribution in [0.2, 0.25) is 5.02 Å². The second-order valence-electron chi connectivity index (χ2n) is 6.84. The highest BCUT2D eigenvalue weighted by Crippen LogP contribution is 2.36. The number of aromatic nitrogens is 2. The molecule has 0 saturated heterocycles. The summed E-state index contributed by atoms with van der Waals surface area (Å²) in [6.45, 7) is 3.47. The molecule has 0 saturated carbocycles. The third-order valence-electron chi connectivity index (χ3n) is 4.71. The zero-order chi connectivity index (χ0) is 22.7. The molecule has 0 unspecified atom stereocenters. The smallest absolute Gasteiger partial charge is 0.411 e. The molecular formula is C24H17ClN4O3. The van der Waals surface area contributed by atoms with Crippen LogP contribution < -0.4 is 10.6 Å². The van der Waals surface area contributed by atoms with Crippen LogP contribution in [-0.4, -0.2) is 27.1 Å². The molecule has 0 spiro atoms. The molecule has 7 nitrogen and oxygen atoms in total. The number of amides is 2. The quantitative estimate of drug-likeness (QED) is 0.336. The van der Waals surface area contributed by atoms with E-state index in [4.69, 9.17) is 16.7 Å². The number of carbonyl (C=O) groups is 2. The number of hydrogen-bond donors (Lipinski definition) is 3. The molecule has 1 heterocycles. The Hall–Kier alpha value is -4.23. The minimum Gasteiger partial charge on any atom is -0.465 e. The molecule has 32 heavy (non-hydrogen) atoms. The predicted octanol–water partition coefficient (Wildman–Crippen LogP) is 5.83. The summed E-state index contributed by atoms with van der Waals surface area (Å²) in [6, 6.07) is 18.5. The van der Waals surface area contributed by atoms with Crippen LogP contribution in [0.3, 0.4) is 0 Å². The van der Waals surface area contributed by atoms with Gasteiger partial charge in [0, 0.05) is 33.4 Å². The number of nitrogens with one attached hydrogen (secondary N) is 2. The minimum atomic E-state index is -1.26. The van der Waals surface area contributed by atoms with E-state index >= 15 is 0 Å². The van der Waals surface area contributed by atoms with Gasteiger partial charge in [-0.05, 0) is 47.5 Å². The van der Waals surface area contributed by atoms with Gasteiger partial charge in [-0.2, -0.15) is 0 Å². The molecule has 0 aliphatic heterocycles. The number of rotatable bonds is 5. The number of hydrogen-bond acceptors (Lipinski definition) is 4. The maximum absolute atomic E-state index is 11.7. The van der Waals surface area contributed by atoms with Gasteiger partial charge < -0.3 is 10.4 Å². The van der Waals surface area contributed by atoms with E-state index in [0.717, 1.165) is 22.3 Å². The lowest BCUT2D eigenvalue weighted by molar-refractivity contribution is -0.111. The normalized spacial score (nSPS) is 10.5. The van der Waals surface area contributed by atoms with Crippen LogP contribution in [0.15, 0.2) is 79.5 Å². The van der Waals surface area contributed by atoms with E-state index in [-0.39, 0.29) is 11.9 Å². The standard InChI is InChI=1S/C24H17ClN4O3/c1-2-21(30)27-17-7-5-6-14(11-17)19-12-15(18-8-3-4-9-20(18)25)10-16-13-26-23(28-22(16)19)29-24(31)32/h2-13H,1H2,(H,27,30)(H,31,32)(H,26,28,29). The van der Waals surface area contributed by atoms with Crippen molar-refractivity contribution in [2.45, 2.75) is 0 Å². The summed E-state index contributed by atoms with van der Waals surface area (Å²) in [5.41, 5.74) is 4.31. The fourth-order valence-electron chi connectivity index (χ4n) is 3.33. The Morgan fingerprint density at radius 2 is 1.78 bits per heavy atom. The summed E-state index contributed by atoms with van der Waals surface area (Å²) in [4.78, 5) is 31.3. The van der Waals surface area contributed by atoms with Gasteiger partial charge in [-0.1, -0.05) is 48.5 Å². The lowest BCUT2D eigenvalue weighted by Crippen LogP contribution is -2.10. The SMILES string of the molecule is C=CC(=O)Nc1cccc(-c2cc(-c3ccccc3Cl)cc3cnc(NC(=O)O)nc23)c1. The zero-order valence-electron chi connectivity index (χ0n) is 16.7. The number of halogens is 1. The second kappa shape index (κ2) is 8.87. The Balaban J connectivity index is 1.94. The van der Waals surface area contributed by atoms with Crippen molar-refractivity contribution in [3.05, 3.63) is 84.5 Å². The van der Waals surface area contributed by atoms with E-state index in [1.54, 1.807) is 24.4 Å². The maximum atomic E-state index is 11.7. The molecule has 0 aliphatic rings. The van der Waals surface area contributed by atoms with E-state index in [2.05, 4.69) is 27.2 Å². The van der Waals surface area contributed by atoms with E-state index in [1.807, 2.05) is 42.5 Å². The van der Waals surface area contributed by atoms with Crippen LogP contribution in [0, 0.1) is 0 Å². The summed E-state index contributed by atoms with van der Waals surface area (Å²) in [6.07, 6.45) is 1.49. The molecule has 0 bridgehead atoms. The zero-order valence-corrected chi connectivity index (χ0v) is 17.4. The Morgan fingerprint density at radius 1 is 0.969 bits per heavy atom. The van der Waals surface area contributed by atoms with E-state index in [9.17, 15) is 9.59 Å². The molecule has 1 aromatic heterocycles. The summed E-state index contributed by atoms with van der Waals surface area (Å²) >= 11 is 6.43. The van der Waals surface area contributed by atoms with Crippen molar-refractivity contribution < 1.29 is 14.7 Å². The molecule has 0 aliphatic carbocycles. The molecular weight excluding hydrogens is 428 g/mol. The van der Waals surface area contributed by atoms with Crippen molar-refractivity contribution in [3.63, 3.8) is 0 Å². The molecule has 2 amide bonds. The molecule has 3 aromatic carbocycles. The van der Waals surface area contributed by atoms with Gasteiger partial charge in [-0.25, -0.2) is 14.8 Å². The molecule has 4 rings (SSSR count). The molecule has 4 aromatic rings. The van der Waals surface area contributed by atoms with Crippen LogP contribution >= 0.6 is 11.6 Å². The van der Waals surface area contributed by atoms with Crippen molar-refractivity contribution >= 4 is 46.1 Å². The van der Waals surface area contributed by atoms with Crippen LogP contribution in [0.5, 0.6) is 0 Å². The number of anilines is 2. The van der Waals surface area contributed by atoms with Gasteiger partial charge in [0.1, 0.15) is 0 Å². The van der Waals surface area contributed by atoms with Crippen LogP contribution in [0.1, 0.15) is 0 Å².